The number of alkyl carbamates (subject to hydrolysis) is 1. The molecular weight excluding hydrogens is 452 g/mol. The number of anilines is 1. The predicted molar refractivity (Wildman–Crippen MR) is 134 cm³/mol. The maximum atomic E-state index is 11.5. The first-order valence-corrected chi connectivity index (χ1v) is 11.6. The minimum atomic E-state index is -0.455. The summed E-state index contributed by atoms with van der Waals surface area (Å²) in [6.07, 6.45) is 1.25. The van der Waals surface area contributed by atoms with Gasteiger partial charge in [-0.2, -0.15) is 5.10 Å². The van der Waals surface area contributed by atoms with E-state index in [9.17, 15) is 4.79 Å². The first-order chi connectivity index (χ1) is 16.5. The number of nitrogens with one attached hydrogen (secondary N) is 2. The molecule has 0 fully saturated rings. The molecule has 0 saturated heterocycles. The monoisotopic (exact) mass is 478 g/mol. The average Bonchev–Trinajstić information content (AvgIpc) is 3.37. The molecule has 2 aromatic heterocycles. The number of amides is 1. The van der Waals surface area contributed by atoms with Crippen molar-refractivity contribution in [3.8, 4) is 22.6 Å². The second-order valence-corrected chi connectivity index (χ2v) is 8.52. The van der Waals surface area contributed by atoms with Gasteiger partial charge < -0.3 is 24.8 Å². The quantitative estimate of drug-likeness (QED) is 0.350. The Morgan fingerprint density at radius 3 is 2.65 bits per heavy atom. The first kappa shape index (κ1) is 23.3. The first-order valence-electron chi connectivity index (χ1n) is 10.7. The van der Waals surface area contributed by atoms with E-state index in [-0.39, 0.29) is 12.6 Å². The predicted octanol–water partition coefficient (Wildman–Crippen LogP) is 5.40. The van der Waals surface area contributed by atoms with Crippen LogP contribution in [0.25, 0.3) is 21.9 Å². The normalized spacial score (nSPS) is 11.6. The smallest absolute Gasteiger partial charge is 0.407 e. The standard InChI is InChI=1S/C25H26N4O4S/c1-15(28-24-20-11-22(32-4)21(31-3)9-17(20)12-27-29-24)23-10-18(14-34-23)19-8-6-5-7-16(19)13-33-25(30)26-2/h5-12,14-15H,13H2,1-4H3,(H,26,30)(H,28,29). The van der Waals surface area contributed by atoms with Crippen molar-refractivity contribution in [2.75, 3.05) is 26.6 Å². The highest BCUT2D eigenvalue weighted by molar-refractivity contribution is 7.10. The molecule has 4 aromatic rings. The SMILES string of the molecule is CNC(=O)OCc1ccccc1-c1csc(C(C)Nc2nncc3cc(OC)c(OC)cc23)c1. The fourth-order valence-corrected chi connectivity index (χ4v) is 4.57. The van der Waals surface area contributed by atoms with Crippen molar-refractivity contribution in [1.82, 2.24) is 15.5 Å². The number of carbonyl (C=O) groups is 1. The molecule has 0 saturated carbocycles. The Kier molecular flexibility index (Phi) is 7.12. The highest BCUT2D eigenvalue weighted by Gasteiger charge is 2.16. The summed E-state index contributed by atoms with van der Waals surface area (Å²) < 4.78 is 16.1. The van der Waals surface area contributed by atoms with Gasteiger partial charge in [0.15, 0.2) is 17.3 Å². The summed E-state index contributed by atoms with van der Waals surface area (Å²) in [4.78, 5) is 12.6. The summed E-state index contributed by atoms with van der Waals surface area (Å²) in [6.45, 7) is 2.28. The van der Waals surface area contributed by atoms with Crippen molar-refractivity contribution in [3.05, 3.63) is 64.5 Å². The number of hydrogen-bond donors (Lipinski definition) is 2. The summed E-state index contributed by atoms with van der Waals surface area (Å²) in [5, 5.41) is 18.3. The third-order valence-electron chi connectivity index (χ3n) is 5.46. The number of hydrogen-bond acceptors (Lipinski definition) is 8. The Bertz CT molecular complexity index is 1310. The van der Waals surface area contributed by atoms with E-state index in [1.54, 1.807) is 38.8 Å². The lowest BCUT2D eigenvalue weighted by atomic mass is 10.0. The number of ether oxygens (including phenoxy) is 3. The molecule has 0 spiro atoms. The van der Waals surface area contributed by atoms with Crippen molar-refractivity contribution < 1.29 is 19.0 Å². The summed E-state index contributed by atoms with van der Waals surface area (Å²) in [5.74, 6) is 1.94. The Balaban J connectivity index is 1.58. The minimum Gasteiger partial charge on any atom is -0.493 e. The van der Waals surface area contributed by atoms with Gasteiger partial charge in [-0.25, -0.2) is 4.79 Å². The molecule has 0 bridgehead atoms. The summed E-state index contributed by atoms with van der Waals surface area (Å²) in [6, 6.07) is 13.8. The van der Waals surface area contributed by atoms with Gasteiger partial charge in [0.25, 0.3) is 0 Å². The van der Waals surface area contributed by atoms with Gasteiger partial charge in [0.05, 0.1) is 26.5 Å². The summed E-state index contributed by atoms with van der Waals surface area (Å²) in [7, 11) is 4.76. The van der Waals surface area contributed by atoms with Crippen LogP contribution in [0.3, 0.4) is 0 Å². The van der Waals surface area contributed by atoms with E-state index in [0.717, 1.165) is 32.3 Å². The highest BCUT2D eigenvalue weighted by atomic mass is 32.1. The van der Waals surface area contributed by atoms with Gasteiger partial charge in [0.1, 0.15) is 6.61 Å². The fourth-order valence-electron chi connectivity index (χ4n) is 3.66. The number of thiophene rings is 1. The number of benzene rings is 2. The van der Waals surface area contributed by atoms with Gasteiger partial charge in [-0.3, -0.25) is 0 Å². The Morgan fingerprint density at radius 1 is 1.12 bits per heavy atom. The van der Waals surface area contributed by atoms with E-state index in [1.807, 2.05) is 36.4 Å². The maximum absolute atomic E-state index is 11.5. The van der Waals surface area contributed by atoms with Crippen LogP contribution in [-0.4, -0.2) is 37.6 Å². The van der Waals surface area contributed by atoms with E-state index in [1.165, 1.54) is 0 Å². The maximum Gasteiger partial charge on any atom is 0.407 e. The molecule has 176 valence electrons. The molecule has 0 aliphatic carbocycles. The second-order valence-electron chi connectivity index (χ2n) is 7.57. The summed E-state index contributed by atoms with van der Waals surface area (Å²) in [5.41, 5.74) is 3.04. The van der Waals surface area contributed by atoms with Gasteiger partial charge in [-0.1, -0.05) is 24.3 Å². The molecule has 0 radical (unpaired) electrons. The molecule has 0 aliphatic heterocycles. The number of carbonyl (C=O) groups excluding carboxylic acids is 1. The van der Waals surface area contributed by atoms with Crippen molar-refractivity contribution in [1.29, 1.82) is 0 Å². The molecule has 1 atom stereocenters. The zero-order chi connectivity index (χ0) is 24.1. The van der Waals surface area contributed by atoms with Gasteiger partial charge >= 0.3 is 6.09 Å². The minimum absolute atomic E-state index is 0.0129. The molecule has 1 unspecified atom stereocenters. The molecule has 2 N–H and O–H groups in total. The lowest BCUT2D eigenvalue weighted by Crippen LogP contribution is -2.19. The van der Waals surface area contributed by atoms with Crippen molar-refractivity contribution in [3.63, 3.8) is 0 Å². The van der Waals surface area contributed by atoms with Crippen LogP contribution in [0.4, 0.5) is 10.6 Å². The van der Waals surface area contributed by atoms with Gasteiger partial charge in [0, 0.05) is 22.7 Å². The van der Waals surface area contributed by atoms with Crippen LogP contribution in [0, 0.1) is 0 Å². The molecule has 1 amide bonds. The van der Waals surface area contributed by atoms with Crippen LogP contribution in [-0.2, 0) is 11.3 Å². The number of aromatic nitrogens is 2. The van der Waals surface area contributed by atoms with Gasteiger partial charge in [-0.15, -0.1) is 16.4 Å². The molecule has 0 aliphatic rings. The average molecular weight is 479 g/mol. The highest BCUT2D eigenvalue weighted by Crippen LogP contribution is 2.36. The molecular formula is C25H26N4O4S. The lowest BCUT2D eigenvalue weighted by molar-refractivity contribution is 0.142. The Labute approximate surface area is 201 Å². The third-order valence-corrected chi connectivity index (χ3v) is 6.57. The molecule has 2 heterocycles. The van der Waals surface area contributed by atoms with Gasteiger partial charge in [0.2, 0.25) is 0 Å². The molecule has 34 heavy (non-hydrogen) atoms. The molecule has 4 rings (SSSR count). The topological polar surface area (TPSA) is 94.6 Å². The molecule has 2 aromatic carbocycles. The molecule has 9 heteroatoms. The van der Waals surface area contributed by atoms with Gasteiger partial charge in [-0.05, 0) is 47.2 Å². The van der Waals surface area contributed by atoms with Crippen molar-refractivity contribution in [2.24, 2.45) is 0 Å². The number of nitrogens with zero attached hydrogens (tertiary/aromatic N) is 2. The van der Waals surface area contributed by atoms with Crippen LogP contribution >= 0.6 is 11.3 Å². The largest absolute Gasteiger partial charge is 0.493 e. The zero-order valence-electron chi connectivity index (χ0n) is 19.4. The Morgan fingerprint density at radius 2 is 1.88 bits per heavy atom. The third kappa shape index (κ3) is 4.89. The zero-order valence-corrected chi connectivity index (χ0v) is 20.2. The van der Waals surface area contributed by atoms with Crippen molar-refractivity contribution in [2.45, 2.75) is 19.6 Å². The fraction of sp³-hybridized carbons (Fsp3) is 0.240. The lowest BCUT2D eigenvalue weighted by Gasteiger charge is -2.15. The summed E-state index contributed by atoms with van der Waals surface area (Å²) >= 11 is 1.65. The van der Waals surface area contributed by atoms with Crippen LogP contribution in [0.5, 0.6) is 11.5 Å². The van der Waals surface area contributed by atoms with Crippen LogP contribution in [0.2, 0.25) is 0 Å². The van der Waals surface area contributed by atoms with E-state index in [4.69, 9.17) is 14.2 Å². The van der Waals surface area contributed by atoms with Crippen LogP contribution in [0.1, 0.15) is 23.4 Å². The van der Waals surface area contributed by atoms with E-state index in [0.29, 0.717) is 17.3 Å². The number of methoxy groups -OCH3 is 2. The van der Waals surface area contributed by atoms with Crippen molar-refractivity contribution >= 4 is 34.0 Å². The van der Waals surface area contributed by atoms with Crippen LogP contribution < -0.4 is 20.1 Å². The Hall–Kier alpha value is -3.85. The molecule has 8 nitrogen and oxygen atoms in total. The second kappa shape index (κ2) is 10.4. The van der Waals surface area contributed by atoms with E-state index in [2.05, 4.69) is 39.2 Å². The number of rotatable bonds is 8. The van der Waals surface area contributed by atoms with Crippen LogP contribution in [0.15, 0.2) is 54.0 Å². The number of fused-ring (bicyclic) bond motifs is 1. The van der Waals surface area contributed by atoms with E-state index < -0.39 is 6.09 Å². The van der Waals surface area contributed by atoms with E-state index >= 15 is 0 Å².